The van der Waals surface area contributed by atoms with Gasteiger partial charge in [0.25, 0.3) is 5.91 Å². The van der Waals surface area contributed by atoms with Gasteiger partial charge >= 0.3 is 0 Å². The first-order chi connectivity index (χ1) is 12.8. The Kier molecular flexibility index (Phi) is 7.11. The van der Waals surface area contributed by atoms with E-state index >= 15 is 0 Å². The summed E-state index contributed by atoms with van der Waals surface area (Å²) in [6.45, 7) is 8.95. The summed E-state index contributed by atoms with van der Waals surface area (Å²) in [5, 5.41) is 2.84. The third-order valence-electron chi connectivity index (χ3n) is 4.08. The second-order valence-corrected chi connectivity index (χ2v) is 7.32. The molecule has 0 radical (unpaired) electrons. The second kappa shape index (κ2) is 9.31. The van der Waals surface area contributed by atoms with Crippen LogP contribution in [0, 0.1) is 0 Å². The smallest absolute Gasteiger partial charge is 0.260 e. The lowest BCUT2D eigenvalue weighted by Crippen LogP contribution is -2.38. The molecule has 0 fully saturated rings. The summed E-state index contributed by atoms with van der Waals surface area (Å²) < 4.78 is 16.7. The average Bonchev–Trinajstić information content (AvgIpc) is 2.64. The van der Waals surface area contributed by atoms with Gasteiger partial charge in [-0.25, -0.2) is 0 Å². The normalized spacial score (nSPS) is 12.2. The van der Waals surface area contributed by atoms with E-state index in [9.17, 15) is 4.79 Å². The molecule has 1 atom stereocenters. The molecule has 2 aromatic carbocycles. The summed E-state index contributed by atoms with van der Waals surface area (Å²) in [6, 6.07) is 15.2. The molecule has 0 aliphatic heterocycles. The van der Waals surface area contributed by atoms with E-state index in [0.717, 1.165) is 11.3 Å². The molecule has 5 nitrogen and oxygen atoms in total. The zero-order chi connectivity index (χ0) is 19.9. The number of methoxy groups -OCH3 is 1. The Morgan fingerprint density at radius 2 is 1.78 bits per heavy atom. The van der Waals surface area contributed by atoms with E-state index in [0.29, 0.717) is 24.7 Å². The van der Waals surface area contributed by atoms with Crippen molar-refractivity contribution in [1.29, 1.82) is 0 Å². The largest absolute Gasteiger partial charge is 0.497 e. The Balaban J connectivity index is 1.81. The van der Waals surface area contributed by atoms with E-state index in [2.05, 4.69) is 32.2 Å². The Morgan fingerprint density at radius 3 is 2.48 bits per heavy atom. The molecule has 0 heterocycles. The van der Waals surface area contributed by atoms with Crippen LogP contribution in [0.25, 0.3) is 0 Å². The van der Waals surface area contributed by atoms with Crippen LogP contribution in [0.1, 0.15) is 33.3 Å². The monoisotopic (exact) mass is 371 g/mol. The molecule has 146 valence electrons. The van der Waals surface area contributed by atoms with Gasteiger partial charge in [-0.3, -0.25) is 4.79 Å². The van der Waals surface area contributed by atoms with Gasteiger partial charge in [0.15, 0.2) is 6.10 Å². The summed E-state index contributed by atoms with van der Waals surface area (Å²) in [5.41, 5.74) is 1.14. The third-order valence-corrected chi connectivity index (χ3v) is 4.08. The number of amides is 1. The van der Waals surface area contributed by atoms with Gasteiger partial charge in [0, 0.05) is 6.07 Å². The quantitative estimate of drug-likeness (QED) is 0.714. The van der Waals surface area contributed by atoms with E-state index in [1.165, 1.54) is 0 Å². The highest BCUT2D eigenvalue weighted by atomic mass is 16.5. The zero-order valence-electron chi connectivity index (χ0n) is 16.7. The molecule has 0 bridgehead atoms. The Hall–Kier alpha value is -2.69. The predicted molar refractivity (Wildman–Crippen MR) is 107 cm³/mol. The number of hydrogen-bond donors (Lipinski definition) is 1. The van der Waals surface area contributed by atoms with Gasteiger partial charge in [0.1, 0.15) is 23.9 Å². The fraction of sp³-hybridized carbons (Fsp3) is 0.409. The highest BCUT2D eigenvalue weighted by Crippen LogP contribution is 2.30. The summed E-state index contributed by atoms with van der Waals surface area (Å²) in [4.78, 5) is 12.2. The summed E-state index contributed by atoms with van der Waals surface area (Å²) in [7, 11) is 1.59. The first-order valence-corrected chi connectivity index (χ1v) is 9.12. The molecule has 2 aromatic rings. The van der Waals surface area contributed by atoms with Crippen LogP contribution in [0.5, 0.6) is 17.2 Å². The maximum absolute atomic E-state index is 12.2. The standard InChI is InChI=1S/C22H29NO4/c1-16(27-18-10-8-9-17(15-18)25-5)21(24)23-13-14-26-20-12-7-6-11-19(20)22(2,3)4/h6-12,15-16H,13-14H2,1-5H3,(H,23,24)/t16-/m1/s1. The minimum absolute atomic E-state index is 0.00106. The predicted octanol–water partition coefficient (Wildman–Crippen LogP) is 3.96. The topological polar surface area (TPSA) is 56.8 Å². The van der Waals surface area contributed by atoms with Crippen molar-refractivity contribution in [2.45, 2.75) is 39.2 Å². The Bertz CT molecular complexity index is 752. The van der Waals surface area contributed by atoms with E-state index in [4.69, 9.17) is 14.2 Å². The lowest BCUT2D eigenvalue weighted by molar-refractivity contribution is -0.127. The lowest BCUT2D eigenvalue weighted by Gasteiger charge is -2.22. The molecule has 0 aliphatic carbocycles. The molecule has 1 N–H and O–H groups in total. The van der Waals surface area contributed by atoms with Crippen LogP contribution < -0.4 is 19.5 Å². The van der Waals surface area contributed by atoms with Crippen LogP contribution >= 0.6 is 0 Å². The van der Waals surface area contributed by atoms with Crippen LogP contribution in [0.2, 0.25) is 0 Å². The van der Waals surface area contributed by atoms with Crippen molar-refractivity contribution in [3.8, 4) is 17.2 Å². The van der Waals surface area contributed by atoms with Crippen LogP contribution in [-0.2, 0) is 10.2 Å². The van der Waals surface area contributed by atoms with Gasteiger partial charge in [0.05, 0.1) is 13.7 Å². The van der Waals surface area contributed by atoms with Crippen molar-refractivity contribution in [2.24, 2.45) is 0 Å². The molecule has 0 aromatic heterocycles. The lowest BCUT2D eigenvalue weighted by atomic mass is 9.86. The molecule has 2 rings (SSSR count). The highest BCUT2D eigenvalue weighted by Gasteiger charge is 2.18. The van der Waals surface area contributed by atoms with Crippen molar-refractivity contribution in [3.63, 3.8) is 0 Å². The van der Waals surface area contributed by atoms with E-state index in [1.807, 2.05) is 30.3 Å². The molecule has 0 unspecified atom stereocenters. The maximum Gasteiger partial charge on any atom is 0.260 e. The van der Waals surface area contributed by atoms with Crippen LogP contribution in [0.15, 0.2) is 48.5 Å². The first kappa shape index (κ1) is 20.6. The number of carbonyl (C=O) groups is 1. The van der Waals surface area contributed by atoms with Crippen molar-refractivity contribution in [3.05, 3.63) is 54.1 Å². The van der Waals surface area contributed by atoms with Gasteiger partial charge in [-0.05, 0) is 36.1 Å². The molecule has 0 saturated carbocycles. The molecule has 0 spiro atoms. The summed E-state index contributed by atoms with van der Waals surface area (Å²) in [6.07, 6.45) is -0.612. The van der Waals surface area contributed by atoms with E-state index in [-0.39, 0.29) is 11.3 Å². The van der Waals surface area contributed by atoms with Crippen LogP contribution in [0.4, 0.5) is 0 Å². The van der Waals surface area contributed by atoms with Crippen LogP contribution in [-0.4, -0.2) is 32.3 Å². The van der Waals surface area contributed by atoms with Gasteiger partial charge < -0.3 is 19.5 Å². The minimum Gasteiger partial charge on any atom is -0.497 e. The Labute approximate surface area is 161 Å². The van der Waals surface area contributed by atoms with E-state index in [1.54, 1.807) is 26.2 Å². The number of benzene rings is 2. The first-order valence-electron chi connectivity index (χ1n) is 9.12. The number of carbonyl (C=O) groups excluding carboxylic acids is 1. The number of rotatable bonds is 8. The molecule has 0 saturated heterocycles. The van der Waals surface area contributed by atoms with Gasteiger partial charge in [0.2, 0.25) is 0 Å². The summed E-state index contributed by atoms with van der Waals surface area (Å²) in [5.74, 6) is 1.93. The van der Waals surface area contributed by atoms with Crippen molar-refractivity contribution in [2.75, 3.05) is 20.3 Å². The highest BCUT2D eigenvalue weighted by molar-refractivity contribution is 5.80. The summed E-state index contributed by atoms with van der Waals surface area (Å²) >= 11 is 0. The van der Waals surface area contributed by atoms with Crippen molar-refractivity contribution >= 4 is 5.91 Å². The van der Waals surface area contributed by atoms with Crippen molar-refractivity contribution < 1.29 is 19.0 Å². The fourth-order valence-corrected chi connectivity index (χ4v) is 2.62. The zero-order valence-corrected chi connectivity index (χ0v) is 16.7. The number of hydrogen-bond acceptors (Lipinski definition) is 4. The van der Waals surface area contributed by atoms with E-state index < -0.39 is 6.10 Å². The third kappa shape index (κ3) is 6.20. The van der Waals surface area contributed by atoms with Gasteiger partial charge in [-0.15, -0.1) is 0 Å². The van der Waals surface area contributed by atoms with Gasteiger partial charge in [-0.2, -0.15) is 0 Å². The number of para-hydroxylation sites is 1. The van der Waals surface area contributed by atoms with Crippen molar-refractivity contribution in [1.82, 2.24) is 5.32 Å². The second-order valence-electron chi connectivity index (χ2n) is 7.32. The molecule has 27 heavy (non-hydrogen) atoms. The number of ether oxygens (including phenoxy) is 3. The maximum atomic E-state index is 12.2. The molecule has 0 aliphatic rings. The molecular weight excluding hydrogens is 342 g/mol. The molecular formula is C22H29NO4. The molecule has 1 amide bonds. The average molecular weight is 371 g/mol. The fourth-order valence-electron chi connectivity index (χ4n) is 2.62. The SMILES string of the molecule is COc1cccc(O[C@H](C)C(=O)NCCOc2ccccc2C(C)(C)C)c1. The Morgan fingerprint density at radius 1 is 1.07 bits per heavy atom. The van der Waals surface area contributed by atoms with Gasteiger partial charge in [-0.1, -0.05) is 45.0 Å². The number of nitrogens with one attached hydrogen (secondary N) is 1. The molecule has 5 heteroatoms. The van der Waals surface area contributed by atoms with Crippen LogP contribution in [0.3, 0.4) is 0 Å². The minimum atomic E-state index is -0.612.